The van der Waals surface area contributed by atoms with Gasteiger partial charge in [0, 0.05) is 29.9 Å². The maximum Gasteiger partial charge on any atom is 0.170 e. The SMILES string of the molecule is COc1cccc(OC)c1-n1c(CS(=O)(=O)[C@@H](C)[C@H](OC)c2nc(C)c(C)s2)nnc1-c1cncc(C)c1. The van der Waals surface area contributed by atoms with Gasteiger partial charge in [-0.05, 0) is 51.5 Å². The van der Waals surface area contributed by atoms with Crippen molar-refractivity contribution in [2.45, 2.75) is 44.8 Å². The molecule has 0 unspecified atom stereocenters. The standard InChI is InChI=1S/C26H31N5O5S2/c1-15-11-19(13-27-12-15)25-30-29-22(31(25)23-20(34-5)9-8-10-21(23)35-6)14-38(32,33)18(4)24(36-7)26-28-16(2)17(3)37-26/h8-13,18,24H,14H2,1-7H3/t18-,24-/m0/s1. The summed E-state index contributed by atoms with van der Waals surface area (Å²) in [4.78, 5) is 9.85. The van der Waals surface area contributed by atoms with Crippen molar-refractivity contribution in [1.29, 1.82) is 0 Å². The van der Waals surface area contributed by atoms with E-state index in [0.717, 1.165) is 16.1 Å². The average Bonchev–Trinajstić information content (AvgIpc) is 3.45. The number of aryl methyl sites for hydroxylation is 3. The zero-order valence-electron chi connectivity index (χ0n) is 22.4. The fourth-order valence-corrected chi connectivity index (χ4v) is 6.79. The lowest BCUT2D eigenvalue weighted by Gasteiger charge is -2.22. The highest BCUT2D eigenvalue weighted by atomic mass is 32.2. The molecule has 0 aliphatic carbocycles. The molecule has 0 spiro atoms. The number of para-hydroxylation sites is 1. The molecule has 0 amide bonds. The normalized spacial score (nSPS) is 13.3. The van der Waals surface area contributed by atoms with Gasteiger partial charge in [0.05, 0.1) is 25.2 Å². The third kappa shape index (κ3) is 5.29. The van der Waals surface area contributed by atoms with E-state index in [-0.39, 0.29) is 5.82 Å². The molecule has 0 bridgehead atoms. The van der Waals surface area contributed by atoms with E-state index in [1.54, 1.807) is 42.1 Å². The molecular formula is C26H31N5O5S2. The molecule has 0 fully saturated rings. The molecule has 0 aliphatic rings. The Balaban J connectivity index is 1.85. The number of nitrogens with zero attached hydrogens (tertiary/aromatic N) is 5. The highest BCUT2D eigenvalue weighted by Crippen LogP contribution is 2.37. The fraction of sp³-hybridized carbons (Fsp3) is 0.385. The number of aromatic nitrogens is 5. The number of thiazole rings is 1. The summed E-state index contributed by atoms with van der Waals surface area (Å²) in [6.45, 7) is 7.39. The van der Waals surface area contributed by atoms with E-state index in [9.17, 15) is 8.42 Å². The van der Waals surface area contributed by atoms with Gasteiger partial charge >= 0.3 is 0 Å². The van der Waals surface area contributed by atoms with Crippen LogP contribution in [0.2, 0.25) is 0 Å². The molecule has 0 saturated carbocycles. The Kier molecular flexibility index (Phi) is 8.14. The van der Waals surface area contributed by atoms with Gasteiger partial charge in [-0.15, -0.1) is 21.5 Å². The maximum absolute atomic E-state index is 13.8. The third-order valence-corrected chi connectivity index (χ3v) is 9.53. The lowest BCUT2D eigenvalue weighted by Crippen LogP contribution is -2.29. The minimum atomic E-state index is -3.80. The van der Waals surface area contributed by atoms with Crippen LogP contribution in [0.15, 0.2) is 36.7 Å². The van der Waals surface area contributed by atoms with Gasteiger partial charge < -0.3 is 14.2 Å². The van der Waals surface area contributed by atoms with Crippen LogP contribution in [0.1, 0.15) is 40.0 Å². The highest BCUT2D eigenvalue weighted by molar-refractivity contribution is 7.91. The van der Waals surface area contributed by atoms with E-state index in [4.69, 9.17) is 14.2 Å². The number of methoxy groups -OCH3 is 3. The van der Waals surface area contributed by atoms with Crippen LogP contribution in [0.25, 0.3) is 17.1 Å². The topological polar surface area (TPSA) is 118 Å². The van der Waals surface area contributed by atoms with Gasteiger partial charge in [0.1, 0.15) is 34.1 Å². The van der Waals surface area contributed by atoms with Crippen molar-refractivity contribution in [3.63, 3.8) is 0 Å². The van der Waals surface area contributed by atoms with Gasteiger partial charge in [0.2, 0.25) is 0 Å². The minimum absolute atomic E-state index is 0.206. The Bertz CT molecular complexity index is 1510. The Morgan fingerprint density at radius 2 is 1.71 bits per heavy atom. The van der Waals surface area contributed by atoms with Crippen molar-refractivity contribution < 1.29 is 22.6 Å². The zero-order chi connectivity index (χ0) is 27.6. The van der Waals surface area contributed by atoms with Crippen LogP contribution in [-0.4, -0.2) is 59.7 Å². The number of ether oxygens (including phenoxy) is 3. The van der Waals surface area contributed by atoms with E-state index >= 15 is 0 Å². The highest BCUT2D eigenvalue weighted by Gasteiger charge is 2.35. The first-order valence-corrected chi connectivity index (χ1v) is 14.4. The Labute approximate surface area is 226 Å². The molecule has 12 heteroatoms. The minimum Gasteiger partial charge on any atom is -0.494 e. The number of hydrogen-bond acceptors (Lipinski definition) is 10. The predicted octanol–water partition coefficient (Wildman–Crippen LogP) is 4.42. The number of pyridine rings is 1. The average molecular weight is 558 g/mol. The second-order valence-corrected chi connectivity index (χ2v) is 12.5. The van der Waals surface area contributed by atoms with E-state index in [2.05, 4.69) is 20.2 Å². The van der Waals surface area contributed by atoms with Gasteiger partial charge in [-0.25, -0.2) is 13.4 Å². The first kappa shape index (κ1) is 27.7. The number of rotatable bonds is 10. The van der Waals surface area contributed by atoms with Crippen molar-refractivity contribution in [3.05, 3.63) is 63.6 Å². The summed E-state index contributed by atoms with van der Waals surface area (Å²) in [5.74, 6) is 1.17. The molecule has 3 heterocycles. The molecule has 0 radical (unpaired) electrons. The molecule has 10 nitrogen and oxygen atoms in total. The van der Waals surface area contributed by atoms with Crippen LogP contribution in [0.5, 0.6) is 11.5 Å². The summed E-state index contributed by atoms with van der Waals surface area (Å²) < 4.78 is 46.2. The smallest absolute Gasteiger partial charge is 0.170 e. The largest absolute Gasteiger partial charge is 0.494 e. The van der Waals surface area contributed by atoms with Crippen LogP contribution >= 0.6 is 11.3 Å². The van der Waals surface area contributed by atoms with Gasteiger partial charge in [-0.1, -0.05) is 6.07 Å². The summed E-state index contributed by atoms with van der Waals surface area (Å²) in [5.41, 5.74) is 2.94. The van der Waals surface area contributed by atoms with E-state index in [0.29, 0.717) is 33.6 Å². The van der Waals surface area contributed by atoms with Gasteiger partial charge in [-0.2, -0.15) is 0 Å². The van der Waals surface area contributed by atoms with Crippen molar-refractivity contribution in [2.75, 3.05) is 21.3 Å². The quantitative estimate of drug-likeness (QED) is 0.279. The molecule has 4 aromatic rings. The molecule has 0 N–H and O–H groups in total. The summed E-state index contributed by atoms with van der Waals surface area (Å²) in [5, 5.41) is 8.45. The van der Waals surface area contributed by atoms with Crippen LogP contribution in [0.4, 0.5) is 0 Å². The van der Waals surface area contributed by atoms with Crippen LogP contribution in [-0.2, 0) is 20.3 Å². The number of hydrogen-bond donors (Lipinski definition) is 0. The molecule has 38 heavy (non-hydrogen) atoms. The number of sulfone groups is 1. The summed E-state index contributed by atoms with van der Waals surface area (Å²) in [6.07, 6.45) is 2.66. The second kappa shape index (κ2) is 11.2. The van der Waals surface area contributed by atoms with Crippen molar-refractivity contribution in [3.8, 4) is 28.6 Å². The first-order valence-electron chi connectivity index (χ1n) is 11.9. The molecular weight excluding hydrogens is 526 g/mol. The first-order chi connectivity index (χ1) is 18.1. The summed E-state index contributed by atoms with van der Waals surface area (Å²) >= 11 is 1.44. The van der Waals surface area contributed by atoms with Gasteiger partial charge in [-0.3, -0.25) is 9.55 Å². The van der Waals surface area contributed by atoms with E-state index < -0.39 is 26.9 Å². The Hall–Kier alpha value is -3.35. The lowest BCUT2D eigenvalue weighted by atomic mass is 10.2. The van der Waals surface area contributed by atoms with Crippen molar-refractivity contribution in [1.82, 2.24) is 24.7 Å². The molecule has 202 valence electrons. The maximum atomic E-state index is 13.8. The van der Waals surface area contributed by atoms with E-state index in [1.165, 1.54) is 32.7 Å². The summed E-state index contributed by atoms with van der Waals surface area (Å²) in [6, 6.07) is 7.24. The molecule has 4 rings (SSSR count). The second-order valence-electron chi connectivity index (χ2n) is 8.90. The van der Waals surface area contributed by atoms with Crippen LogP contribution in [0.3, 0.4) is 0 Å². The monoisotopic (exact) mass is 557 g/mol. The zero-order valence-corrected chi connectivity index (χ0v) is 24.1. The Morgan fingerprint density at radius 1 is 1.03 bits per heavy atom. The predicted molar refractivity (Wildman–Crippen MR) is 146 cm³/mol. The number of benzene rings is 1. The molecule has 0 aliphatic heterocycles. The van der Waals surface area contributed by atoms with Crippen molar-refractivity contribution in [2.24, 2.45) is 0 Å². The van der Waals surface area contributed by atoms with Gasteiger partial charge in [0.15, 0.2) is 21.5 Å². The molecule has 0 saturated heterocycles. The lowest BCUT2D eigenvalue weighted by molar-refractivity contribution is 0.102. The fourth-order valence-electron chi connectivity index (χ4n) is 4.17. The van der Waals surface area contributed by atoms with Gasteiger partial charge in [0.25, 0.3) is 0 Å². The molecule has 2 atom stereocenters. The van der Waals surface area contributed by atoms with E-state index in [1.807, 2.05) is 26.8 Å². The molecule has 3 aromatic heterocycles. The Morgan fingerprint density at radius 3 is 2.26 bits per heavy atom. The van der Waals surface area contributed by atoms with Crippen LogP contribution in [0, 0.1) is 20.8 Å². The third-order valence-electron chi connectivity index (χ3n) is 6.35. The summed E-state index contributed by atoms with van der Waals surface area (Å²) in [7, 11) is 0.768. The van der Waals surface area contributed by atoms with Crippen LogP contribution < -0.4 is 9.47 Å². The molecule has 1 aromatic carbocycles. The van der Waals surface area contributed by atoms with Crippen molar-refractivity contribution >= 4 is 21.2 Å².